The number of hydrogen-bond donors (Lipinski definition) is 2. The van der Waals surface area contributed by atoms with E-state index in [0.717, 1.165) is 22.2 Å². The number of aromatic amines is 1. The Morgan fingerprint density at radius 2 is 2.18 bits per heavy atom. The zero-order chi connectivity index (χ0) is 15.1. The Morgan fingerprint density at radius 1 is 1.27 bits per heavy atom. The van der Waals surface area contributed by atoms with Crippen molar-refractivity contribution in [3.63, 3.8) is 0 Å². The van der Waals surface area contributed by atoms with E-state index in [1.807, 2.05) is 18.2 Å². The van der Waals surface area contributed by atoms with E-state index in [0.29, 0.717) is 17.2 Å². The Morgan fingerprint density at radius 3 is 3.09 bits per heavy atom. The van der Waals surface area contributed by atoms with E-state index in [2.05, 4.69) is 26.8 Å². The molecule has 1 aromatic carbocycles. The van der Waals surface area contributed by atoms with E-state index < -0.39 is 0 Å². The van der Waals surface area contributed by atoms with Gasteiger partial charge in [0, 0.05) is 18.8 Å². The third-order valence-corrected chi connectivity index (χ3v) is 3.38. The molecule has 22 heavy (non-hydrogen) atoms. The van der Waals surface area contributed by atoms with Crippen LogP contribution in [0.25, 0.3) is 11.0 Å². The summed E-state index contributed by atoms with van der Waals surface area (Å²) in [4.78, 5) is 21.1. The molecular weight excluding hydrogens is 282 g/mol. The minimum absolute atomic E-state index is 0.408. The van der Waals surface area contributed by atoms with Crippen molar-refractivity contribution in [3.8, 4) is 17.6 Å². The third-order valence-electron chi connectivity index (χ3n) is 3.38. The highest BCUT2D eigenvalue weighted by Gasteiger charge is 2.19. The van der Waals surface area contributed by atoms with Crippen molar-refractivity contribution in [2.24, 2.45) is 0 Å². The van der Waals surface area contributed by atoms with Gasteiger partial charge in [-0.1, -0.05) is 16.8 Å². The molecule has 7 nitrogen and oxygen atoms in total. The Balaban J connectivity index is 1.75. The van der Waals surface area contributed by atoms with Crippen LogP contribution in [0, 0.1) is 11.8 Å². The second kappa shape index (κ2) is 4.65. The molecule has 1 aliphatic rings. The van der Waals surface area contributed by atoms with Crippen molar-refractivity contribution in [2.45, 2.75) is 0 Å². The number of nitrogen functional groups attached to an aromatic ring is 1. The topological polar surface area (TPSA) is 89.3 Å². The van der Waals surface area contributed by atoms with Crippen LogP contribution in [0.4, 0.5) is 11.5 Å². The third kappa shape index (κ3) is 1.90. The van der Waals surface area contributed by atoms with Crippen molar-refractivity contribution >= 4 is 22.5 Å². The van der Waals surface area contributed by atoms with E-state index in [1.165, 1.54) is 11.4 Å². The van der Waals surface area contributed by atoms with Gasteiger partial charge in [0.05, 0.1) is 10.9 Å². The number of nitrogens with zero attached hydrogens (tertiary/aromatic N) is 3. The standard InChI is InChI=1S/C15H11N5O2/c1-20-11-6-9(3-5-12(11)21-22-20)2-4-10-7-17-15-13(10)14(16)18-8-19-15/h3,5-8H,1H3,(H3,16,17,18,19). The highest BCUT2D eigenvalue weighted by molar-refractivity contribution is 5.91. The number of benzene rings is 1. The van der Waals surface area contributed by atoms with E-state index in [-0.39, 0.29) is 0 Å². The molecule has 3 heterocycles. The van der Waals surface area contributed by atoms with E-state index in [4.69, 9.17) is 15.6 Å². The fourth-order valence-corrected chi connectivity index (χ4v) is 2.27. The van der Waals surface area contributed by atoms with Gasteiger partial charge in [0.2, 0.25) is 0 Å². The molecular formula is C15H11N5O2. The monoisotopic (exact) mass is 293 g/mol. The van der Waals surface area contributed by atoms with Gasteiger partial charge in [0.25, 0.3) is 0 Å². The number of hydrogen-bond acceptors (Lipinski definition) is 6. The number of aromatic nitrogens is 3. The van der Waals surface area contributed by atoms with Gasteiger partial charge in [-0.15, -0.1) is 0 Å². The highest BCUT2D eigenvalue weighted by Crippen LogP contribution is 2.34. The van der Waals surface area contributed by atoms with Gasteiger partial charge in [-0.3, -0.25) is 0 Å². The summed E-state index contributed by atoms with van der Waals surface area (Å²) in [6.07, 6.45) is 3.19. The fraction of sp³-hybridized carbons (Fsp3) is 0.0667. The first-order chi connectivity index (χ1) is 10.7. The Labute approximate surface area is 125 Å². The van der Waals surface area contributed by atoms with Crippen LogP contribution in [0.1, 0.15) is 11.1 Å². The number of rotatable bonds is 0. The Kier molecular flexibility index (Phi) is 2.64. The lowest BCUT2D eigenvalue weighted by Gasteiger charge is -2.03. The molecule has 7 heteroatoms. The van der Waals surface area contributed by atoms with Crippen LogP contribution in [0.2, 0.25) is 0 Å². The van der Waals surface area contributed by atoms with Gasteiger partial charge >= 0.3 is 0 Å². The normalized spacial score (nSPS) is 12.7. The number of H-pyrrole nitrogens is 1. The highest BCUT2D eigenvalue weighted by atomic mass is 17.3. The molecule has 0 bridgehead atoms. The van der Waals surface area contributed by atoms with Crippen molar-refractivity contribution in [1.29, 1.82) is 0 Å². The molecule has 108 valence electrons. The lowest BCUT2D eigenvalue weighted by molar-refractivity contribution is -0.194. The van der Waals surface area contributed by atoms with Gasteiger partial charge in [-0.25, -0.2) is 15.0 Å². The first kappa shape index (κ1) is 12.5. The van der Waals surface area contributed by atoms with Crippen LogP contribution in [-0.4, -0.2) is 22.0 Å². The van der Waals surface area contributed by atoms with E-state index in [9.17, 15) is 0 Å². The van der Waals surface area contributed by atoms with Crippen molar-refractivity contribution in [3.05, 3.63) is 41.9 Å². The molecule has 0 radical (unpaired) electrons. The van der Waals surface area contributed by atoms with Gasteiger partial charge in [-0.05, 0) is 18.2 Å². The lowest BCUT2D eigenvalue weighted by Crippen LogP contribution is -2.11. The summed E-state index contributed by atoms with van der Waals surface area (Å²) in [5, 5.41) is 2.28. The predicted molar refractivity (Wildman–Crippen MR) is 80.8 cm³/mol. The van der Waals surface area contributed by atoms with E-state index in [1.54, 1.807) is 13.2 Å². The molecule has 1 aliphatic heterocycles. The average molecular weight is 293 g/mol. The summed E-state index contributed by atoms with van der Waals surface area (Å²) in [6.45, 7) is 0. The second-order valence-corrected chi connectivity index (χ2v) is 4.77. The zero-order valence-electron chi connectivity index (χ0n) is 11.6. The summed E-state index contributed by atoms with van der Waals surface area (Å²) in [5.74, 6) is 7.26. The zero-order valence-corrected chi connectivity index (χ0v) is 11.6. The van der Waals surface area contributed by atoms with Crippen LogP contribution in [-0.2, 0) is 4.99 Å². The average Bonchev–Trinajstić information content (AvgIpc) is 3.10. The number of anilines is 2. The molecule has 0 aliphatic carbocycles. The molecule has 0 fully saturated rings. The summed E-state index contributed by atoms with van der Waals surface area (Å²) in [7, 11) is 1.76. The fourth-order valence-electron chi connectivity index (χ4n) is 2.27. The van der Waals surface area contributed by atoms with Crippen LogP contribution >= 0.6 is 0 Å². The van der Waals surface area contributed by atoms with Crippen LogP contribution in [0.3, 0.4) is 0 Å². The number of hydroxylamine groups is 1. The van der Waals surface area contributed by atoms with Gasteiger partial charge in [-0.2, -0.15) is 0 Å². The summed E-state index contributed by atoms with van der Waals surface area (Å²) in [5.41, 5.74) is 8.98. The maximum Gasteiger partial charge on any atom is 0.193 e. The van der Waals surface area contributed by atoms with Crippen molar-refractivity contribution in [2.75, 3.05) is 17.8 Å². The molecule has 0 saturated carbocycles. The molecule has 0 unspecified atom stereocenters. The first-order valence-corrected chi connectivity index (χ1v) is 6.54. The Hall–Kier alpha value is -3.24. The maximum atomic E-state index is 5.88. The summed E-state index contributed by atoms with van der Waals surface area (Å²) >= 11 is 0. The van der Waals surface area contributed by atoms with Crippen LogP contribution < -0.4 is 15.7 Å². The maximum absolute atomic E-state index is 5.88. The molecule has 0 saturated heterocycles. The quantitative estimate of drug-likeness (QED) is 0.483. The van der Waals surface area contributed by atoms with E-state index >= 15 is 0 Å². The molecule has 0 amide bonds. The summed E-state index contributed by atoms with van der Waals surface area (Å²) in [6, 6.07) is 5.57. The SMILES string of the molecule is CN1OOc2ccc(C#Cc3c[nH]c4ncnc(N)c34)cc21. The molecule has 0 spiro atoms. The number of nitrogens with one attached hydrogen (secondary N) is 1. The smallest absolute Gasteiger partial charge is 0.193 e. The van der Waals surface area contributed by atoms with Crippen LogP contribution in [0.5, 0.6) is 5.75 Å². The predicted octanol–water partition coefficient (Wildman–Crippen LogP) is 1.62. The molecule has 0 atom stereocenters. The molecule has 2 aromatic heterocycles. The van der Waals surface area contributed by atoms with Crippen molar-refractivity contribution < 1.29 is 9.88 Å². The van der Waals surface area contributed by atoms with Gasteiger partial charge < -0.3 is 15.6 Å². The minimum atomic E-state index is 0.408. The lowest BCUT2D eigenvalue weighted by atomic mass is 10.1. The van der Waals surface area contributed by atoms with Crippen LogP contribution in [0.15, 0.2) is 30.7 Å². The number of nitrogens with two attached hydrogens (primary N) is 1. The summed E-state index contributed by atoms with van der Waals surface area (Å²) < 4.78 is 0. The molecule has 3 N–H and O–H groups in total. The van der Waals surface area contributed by atoms with Gasteiger partial charge in [0.1, 0.15) is 23.5 Å². The first-order valence-electron chi connectivity index (χ1n) is 6.54. The Bertz CT molecular complexity index is 938. The van der Waals surface area contributed by atoms with Gasteiger partial charge in [0.15, 0.2) is 5.75 Å². The minimum Gasteiger partial charge on any atom is -0.383 e. The largest absolute Gasteiger partial charge is 0.383 e. The van der Waals surface area contributed by atoms with Crippen molar-refractivity contribution in [1.82, 2.24) is 15.0 Å². The second-order valence-electron chi connectivity index (χ2n) is 4.77. The number of fused-ring (bicyclic) bond motifs is 2. The molecule has 3 aromatic rings. The molecule has 4 rings (SSSR count).